The first-order chi connectivity index (χ1) is 13.5. The Morgan fingerprint density at radius 2 is 1.86 bits per heavy atom. The lowest BCUT2D eigenvalue weighted by Crippen LogP contribution is -2.41. The molecular formula is C21H31N5O2. The summed E-state index contributed by atoms with van der Waals surface area (Å²) in [6.45, 7) is 5.93. The minimum absolute atomic E-state index is 0.0599. The summed E-state index contributed by atoms with van der Waals surface area (Å²) < 4.78 is 11.3. The van der Waals surface area contributed by atoms with Crippen molar-refractivity contribution >= 4 is 11.8 Å². The van der Waals surface area contributed by atoms with Crippen LogP contribution in [-0.2, 0) is 6.54 Å². The maximum Gasteiger partial charge on any atom is 0.191 e. The van der Waals surface area contributed by atoms with E-state index in [1.54, 1.807) is 7.11 Å². The summed E-state index contributed by atoms with van der Waals surface area (Å²) in [5.41, 5.74) is 0.918. The van der Waals surface area contributed by atoms with Gasteiger partial charge < -0.3 is 25.0 Å². The lowest BCUT2D eigenvalue weighted by Gasteiger charge is -2.19. The third-order valence-corrected chi connectivity index (χ3v) is 3.95. The van der Waals surface area contributed by atoms with Crippen molar-refractivity contribution in [2.45, 2.75) is 26.5 Å². The van der Waals surface area contributed by atoms with Crippen molar-refractivity contribution in [1.82, 2.24) is 15.6 Å². The maximum atomic E-state index is 5.98. The standard InChI is InChI=1S/C21H31N5O2/c1-6-22-21(24-15-17-10-9-13-20(25-17)26(3)4)23-14-16(2)28-19-12-8-7-11-18(19)27-5/h7-13,16H,6,14-15H2,1-5H3,(H2,22,23,24). The first kappa shape index (κ1) is 21.3. The first-order valence-electron chi connectivity index (χ1n) is 9.48. The molecule has 0 aliphatic heterocycles. The molecule has 0 spiro atoms. The van der Waals surface area contributed by atoms with Gasteiger partial charge in [0.1, 0.15) is 11.9 Å². The Morgan fingerprint density at radius 1 is 1.11 bits per heavy atom. The van der Waals surface area contributed by atoms with Crippen LogP contribution < -0.4 is 25.0 Å². The van der Waals surface area contributed by atoms with Gasteiger partial charge in [0.25, 0.3) is 0 Å². The summed E-state index contributed by atoms with van der Waals surface area (Å²) in [4.78, 5) is 11.2. The number of methoxy groups -OCH3 is 1. The molecule has 2 N–H and O–H groups in total. The van der Waals surface area contributed by atoms with Gasteiger partial charge in [-0.1, -0.05) is 18.2 Å². The van der Waals surface area contributed by atoms with Gasteiger partial charge in [-0.05, 0) is 38.1 Å². The second kappa shape index (κ2) is 11.0. The fourth-order valence-corrected chi connectivity index (χ4v) is 2.52. The van der Waals surface area contributed by atoms with Crippen molar-refractivity contribution in [2.24, 2.45) is 4.99 Å². The lowest BCUT2D eigenvalue weighted by molar-refractivity contribution is 0.213. The van der Waals surface area contributed by atoms with E-state index in [1.807, 2.05) is 75.3 Å². The molecule has 1 heterocycles. The smallest absolute Gasteiger partial charge is 0.191 e. The fraction of sp³-hybridized carbons (Fsp3) is 0.429. The van der Waals surface area contributed by atoms with Crippen LogP contribution in [0, 0.1) is 0 Å². The number of nitrogens with one attached hydrogen (secondary N) is 2. The normalized spacial score (nSPS) is 12.2. The second-order valence-corrected chi connectivity index (χ2v) is 6.54. The number of ether oxygens (including phenoxy) is 2. The third-order valence-electron chi connectivity index (χ3n) is 3.95. The van der Waals surface area contributed by atoms with E-state index < -0.39 is 0 Å². The van der Waals surface area contributed by atoms with Crippen LogP contribution in [0.3, 0.4) is 0 Å². The van der Waals surface area contributed by atoms with E-state index in [1.165, 1.54) is 0 Å². The van der Waals surface area contributed by atoms with E-state index in [-0.39, 0.29) is 6.10 Å². The van der Waals surface area contributed by atoms with Gasteiger partial charge in [0.2, 0.25) is 0 Å². The number of anilines is 1. The fourth-order valence-electron chi connectivity index (χ4n) is 2.52. The molecule has 1 aromatic carbocycles. The van der Waals surface area contributed by atoms with Gasteiger partial charge in [-0.2, -0.15) is 0 Å². The summed E-state index contributed by atoms with van der Waals surface area (Å²) in [7, 11) is 5.59. The quantitative estimate of drug-likeness (QED) is 0.511. The summed E-state index contributed by atoms with van der Waals surface area (Å²) in [5, 5.41) is 6.57. The minimum Gasteiger partial charge on any atom is -0.493 e. The number of guanidine groups is 1. The Bertz CT molecular complexity index is 764. The number of nitrogens with zero attached hydrogens (tertiary/aromatic N) is 3. The van der Waals surface area contributed by atoms with Crippen LogP contribution in [0.1, 0.15) is 19.5 Å². The molecule has 0 aliphatic rings. The molecular weight excluding hydrogens is 354 g/mol. The molecule has 0 saturated carbocycles. The maximum absolute atomic E-state index is 5.98. The molecule has 0 amide bonds. The third kappa shape index (κ3) is 6.64. The molecule has 0 saturated heterocycles. The largest absolute Gasteiger partial charge is 0.493 e. The van der Waals surface area contributed by atoms with E-state index in [0.717, 1.165) is 35.5 Å². The molecule has 7 heteroatoms. The number of benzene rings is 1. The minimum atomic E-state index is -0.0599. The highest BCUT2D eigenvalue weighted by Crippen LogP contribution is 2.26. The predicted molar refractivity (Wildman–Crippen MR) is 114 cm³/mol. The van der Waals surface area contributed by atoms with E-state index in [4.69, 9.17) is 9.47 Å². The van der Waals surface area contributed by atoms with Crippen LogP contribution in [0.5, 0.6) is 11.5 Å². The van der Waals surface area contributed by atoms with Crippen molar-refractivity contribution in [1.29, 1.82) is 0 Å². The molecule has 0 fully saturated rings. The number of rotatable bonds is 9. The molecule has 0 bridgehead atoms. The van der Waals surface area contributed by atoms with Gasteiger partial charge in [0.05, 0.1) is 25.9 Å². The average molecular weight is 386 g/mol. The molecule has 152 valence electrons. The van der Waals surface area contributed by atoms with Crippen LogP contribution in [0.4, 0.5) is 5.82 Å². The monoisotopic (exact) mass is 385 g/mol. The van der Waals surface area contributed by atoms with Crippen LogP contribution in [0.15, 0.2) is 47.5 Å². The highest BCUT2D eigenvalue weighted by Gasteiger charge is 2.09. The predicted octanol–water partition coefficient (Wildman–Crippen LogP) is 2.68. The van der Waals surface area contributed by atoms with Gasteiger partial charge in [0.15, 0.2) is 17.5 Å². The molecule has 1 aromatic heterocycles. The Balaban J connectivity index is 1.94. The first-order valence-corrected chi connectivity index (χ1v) is 9.48. The molecule has 0 aliphatic carbocycles. The van der Waals surface area contributed by atoms with Crippen LogP contribution in [0.25, 0.3) is 0 Å². The Hall–Kier alpha value is -2.96. The lowest BCUT2D eigenvalue weighted by atomic mass is 10.3. The summed E-state index contributed by atoms with van der Waals surface area (Å²) in [5.74, 6) is 3.10. The van der Waals surface area contributed by atoms with Crippen molar-refractivity contribution in [2.75, 3.05) is 39.2 Å². The van der Waals surface area contributed by atoms with E-state index in [2.05, 4.69) is 20.6 Å². The van der Waals surface area contributed by atoms with Gasteiger partial charge in [-0.15, -0.1) is 0 Å². The molecule has 1 unspecified atom stereocenters. The van der Waals surface area contributed by atoms with Crippen molar-refractivity contribution in [3.05, 3.63) is 48.2 Å². The van der Waals surface area contributed by atoms with Crippen LogP contribution in [-0.4, -0.2) is 51.3 Å². The second-order valence-electron chi connectivity index (χ2n) is 6.54. The summed E-state index contributed by atoms with van der Waals surface area (Å²) >= 11 is 0. The van der Waals surface area contributed by atoms with Gasteiger partial charge >= 0.3 is 0 Å². The molecule has 2 rings (SSSR count). The Morgan fingerprint density at radius 3 is 2.54 bits per heavy atom. The summed E-state index contributed by atoms with van der Waals surface area (Å²) in [6.07, 6.45) is -0.0599. The average Bonchev–Trinajstić information content (AvgIpc) is 2.70. The number of hydrogen-bond donors (Lipinski definition) is 2. The van der Waals surface area contributed by atoms with Crippen molar-refractivity contribution < 1.29 is 9.47 Å². The number of hydrogen-bond acceptors (Lipinski definition) is 5. The highest BCUT2D eigenvalue weighted by atomic mass is 16.5. The zero-order valence-electron chi connectivity index (χ0n) is 17.4. The Kier molecular flexibility index (Phi) is 8.39. The van der Waals surface area contributed by atoms with Crippen LogP contribution >= 0.6 is 0 Å². The SMILES string of the molecule is CCNC(=NCc1cccc(N(C)C)n1)NCC(C)Oc1ccccc1OC. The number of aliphatic imine (C=N–C) groups is 1. The zero-order valence-corrected chi connectivity index (χ0v) is 17.4. The molecule has 2 aromatic rings. The highest BCUT2D eigenvalue weighted by molar-refractivity contribution is 5.79. The molecule has 28 heavy (non-hydrogen) atoms. The topological polar surface area (TPSA) is 71.0 Å². The zero-order chi connectivity index (χ0) is 20.4. The van der Waals surface area contributed by atoms with Crippen molar-refractivity contribution in [3.8, 4) is 11.5 Å². The summed E-state index contributed by atoms with van der Waals surface area (Å²) in [6, 6.07) is 13.6. The molecule has 1 atom stereocenters. The van der Waals surface area contributed by atoms with E-state index in [9.17, 15) is 0 Å². The number of para-hydroxylation sites is 2. The number of aromatic nitrogens is 1. The van der Waals surface area contributed by atoms with Gasteiger partial charge in [-0.3, -0.25) is 0 Å². The van der Waals surface area contributed by atoms with Gasteiger partial charge in [-0.25, -0.2) is 9.98 Å². The Labute approximate surface area is 167 Å². The molecule has 0 radical (unpaired) electrons. The molecule has 7 nitrogen and oxygen atoms in total. The number of pyridine rings is 1. The van der Waals surface area contributed by atoms with Crippen LogP contribution in [0.2, 0.25) is 0 Å². The van der Waals surface area contributed by atoms with E-state index in [0.29, 0.717) is 13.1 Å². The van der Waals surface area contributed by atoms with Crippen molar-refractivity contribution in [3.63, 3.8) is 0 Å². The van der Waals surface area contributed by atoms with E-state index >= 15 is 0 Å². The van der Waals surface area contributed by atoms with Gasteiger partial charge in [0, 0.05) is 20.6 Å².